The minimum Gasteiger partial charge on any atom is -0.463 e. The molecular weight excluding hydrogens is 250 g/mol. The Hall–Kier alpha value is -1.37. The summed E-state index contributed by atoms with van der Waals surface area (Å²) in [6.45, 7) is 3.88. The Morgan fingerprint density at radius 3 is 3.11 bits per heavy atom. The van der Waals surface area contributed by atoms with Crippen LogP contribution in [0.15, 0.2) is 16.5 Å². The highest BCUT2D eigenvalue weighted by molar-refractivity contribution is 5.86. The Morgan fingerprint density at radius 2 is 2.42 bits per heavy atom. The zero-order valence-electron chi connectivity index (χ0n) is 11.2. The van der Waals surface area contributed by atoms with E-state index in [9.17, 15) is 9.90 Å². The van der Waals surface area contributed by atoms with Gasteiger partial charge in [0.05, 0.1) is 39.0 Å². The van der Waals surface area contributed by atoms with Crippen molar-refractivity contribution >= 4 is 5.97 Å². The van der Waals surface area contributed by atoms with Gasteiger partial charge in [-0.3, -0.25) is 4.90 Å². The van der Waals surface area contributed by atoms with E-state index < -0.39 is 5.97 Å². The average Bonchev–Trinajstić information content (AvgIpc) is 2.95. The summed E-state index contributed by atoms with van der Waals surface area (Å²) in [5.41, 5.74) is 0. The van der Waals surface area contributed by atoms with Crippen molar-refractivity contribution in [2.24, 2.45) is 0 Å². The van der Waals surface area contributed by atoms with Gasteiger partial charge in [-0.25, -0.2) is 4.79 Å². The molecule has 1 aliphatic rings. The number of morpholine rings is 1. The largest absolute Gasteiger partial charge is 0.463 e. The molecule has 1 N–H and O–H groups in total. The normalized spacial score (nSPS) is 22.2. The van der Waals surface area contributed by atoms with E-state index in [4.69, 9.17) is 9.15 Å². The van der Waals surface area contributed by atoms with Gasteiger partial charge in [-0.2, -0.15) is 0 Å². The number of hydrogen-bond donors (Lipinski definition) is 1. The predicted molar refractivity (Wildman–Crippen MR) is 66.9 cm³/mol. The maximum Gasteiger partial charge on any atom is 0.373 e. The Labute approximate surface area is 111 Å². The fraction of sp³-hybridized carbons (Fsp3) is 0.615. The van der Waals surface area contributed by atoms with Crippen LogP contribution in [-0.2, 0) is 9.47 Å². The first-order valence-electron chi connectivity index (χ1n) is 6.29. The first kappa shape index (κ1) is 14.0. The quantitative estimate of drug-likeness (QED) is 0.816. The summed E-state index contributed by atoms with van der Waals surface area (Å²) in [4.78, 5) is 13.5. The molecule has 0 spiro atoms. The van der Waals surface area contributed by atoms with E-state index in [1.54, 1.807) is 12.1 Å². The molecule has 6 nitrogen and oxygen atoms in total. The number of rotatable bonds is 4. The molecule has 6 heteroatoms. The lowest BCUT2D eigenvalue weighted by Gasteiger charge is -2.37. The summed E-state index contributed by atoms with van der Waals surface area (Å²) in [6, 6.07) is 3.29. The number of aliphatic hydroxyl groups excluding tert-OH is 1. The smallest absolute Gasteiger partial charge is 0.373 e. The highest BCUT2D eigenvalue weighted by Gasteiger charge is 2.29. The van der Waals surface area contributed by atoms with Gasteiger partial charge in [0.1, 0.15) is 5.76 Å². The molecule has 0 aromatic carbocycles. The van der Waals surface area contributed by atoms with Gasteiger partial charge < -0.3 is 19.0 Å². The molecule has 0 saturated carbocycles. The van der Waals surface area contributed by atoms with E-state index in [1.807, 2.05) is 6.92 Å². The van der Waals surface area contributed by atoms with Crippen molar-refractivity contribution in [1.82, 2.24) is 4.90 Å². The lowest BCUT2D eigenvalue weighted by Crippen LogP contribution is -2.48. The molecule has 1 aromatic rings. The van der Waals surface area contributed by atoms with Crippen molar-refractivity contribution < 1.29 is 23.8 Å². The van der Waals surface area contributed by atoms with E-state index in [0.29, 0.717) is 19.0 Å². The molecule has 2 rings (SSSR count). The molecule has 2 atom stereocenters. The van der Waals surface area contributed by atoms with Gasteiger partial charge in [0, 0.05) is 6.54 Å². The standard InChI is InChI=1S/C13H19NO5/c1-9(14-5-6-18-8-10(14)7-15)11-3-4-12(19-11)13(16)17-2/h3-4,9-10,15H,5-8H2,1-2H3. The molecule has 0 amide bonds. The average molecular weight is 269 g/mol. The van der Waals surface area contributed by atoms with E-state index in [-0.39, 0.29) is 24.5 Å². The van der Waals surface area contributed by atoms with Crippen LogP contribution in [0.1, 0.15) is 29.3 Å². The minimum atomic E-state index is -0.487. The third kappa shape index (κ3) is 2.97. The number of methoxy groups -OCH3 is 1. The van der Waals surface area contributed by atoms with Crippen LogP contribution < -0.4 is 0 Å². The van der Waals surface area contributed by atoms with Gasteiger partial charge in [0.15, 0.2) is 0 Å². The number of carbonyl (C=O) groups is 1. The highest BCUT2D eigenvalue weighted by atomic mass is 16.5. The van der Waals surface area contributed by atoms with Gasteiger partial charge in [-0.15, -0.1) is 0 Å². The Balaban J connectivity index is 2.11. The maximum absolute atomic E-state index is 11.4. The second kappa shape index (κ2) is 6.18. The molecule has 1 aliphatic heterocycles. The maximum atomic E-state index is 11.4. The molecule has 2 unspecified atom stereocenters. The molecule has 1 fully saturated rings. The van der Waals surface area contributed by atoms with Crippen LogP contribution in [0.2, 0.25) is 0 Å². The number of carbonyl (C=O) groups excluding carboxylic acids is 1. The van der Waals surface area contributed by atoms with Crippen molar-refractivity contribution in [2.45, 2.75) is 19.0 Å². The number of nitrogens with zero attached hydrogens (tertiary/aromatic N) is 1. The van der Waals surface area contributed by atoms with Crippen molar-refractivity contribution in [2.75, 3.05) is 33.5 Å². The Bertz CT molecular complexity index is 430. The summed E-state index contributed by atoms with van der Waals surface area (Å²) in [6.07, 6.45) is 0. The van der Waals surface area contributed by atoms with Crippen LogP contribution in [0.25, 0.3) is 0 Å². The molecule has 1 saturated heterocycles. The molecule has 1 aromatic heterocycles. The zero-order chi connectivity index (χ0) is 13.8. The summed E-state index contributed by atoms with van der Waals surface area (Å²) in [5, 5.41) is 9.36. The van der Waals surface area contributed by atoms with Gasteiger partial charge in [-0.05, 0) is 19.1 Å². The van der Waals surface area contributed by atoms with Gasteiger partial charge >= 0.3 is 5.97 Å². The molecular formula is C13H19NO5. The Morgan fingerprint density at radius 1 is 1.63 bits per heavy atom. The summed E-state index contributed by atoms with van der Waals surface area (Å²) >= 11 is 0. The van der Waals surface area contributed by atoms with Gasteiger partial charge in [-0.1, -0.05) is 0 Å². The molecule has 0 aliphatic carbocycles. The summed E-state index contributed by atoms with van der Waals surface area (Å²) < 4.78 is 15.5. The Kier molecular flexibility index (Phi) is 4.57. The molecule has 0 bridgehead atoms. The number of ether oxygens (including phenoxy) is 2. The lowest BCUT2D eigenvalue weighted by molar-refractivity contribution is -0.0481. The van der Waals surface area contributed by atoms with E-state index in [2.05, 4.69) is 9.64 Å². The lowest BCUT2D eigenvalue weighted by atomic mass is 10.1. The number of hydrogen-bond acceptors (Lipinski definition) is 6. The van der Waals surface area contributed by atoms with Crippen LogP contribution in [0, 0.1) is 0 Å². The highest BCUT2D eigenvalue weighted by Crippen LogP contribution is 2.26. The van der Waals surface area contributed by atoms with Crippen molar-refractivity contribution in [1.29, 1.82) is 0 Å². The third-order valence-electron chi connectivity index (χ3n) is 3.41. The number of esters is 1. The van der Waals surface area contributed by atoms with Crippen LogP contribution >= 0.6 is 0 Å². The first-order valence-corrected chi connectivity index (χ1v) is 6.29. The number of furan rings is 1. The van der Waals surface area contributed by atoms with Crippen LogP contribution in [0.3, 0.4) is 0 Å². The van der Waals surface area contributed by atoms with Crippen LogP contribution in [0.4, 0.5) is 0 Å². The monoisotopic (exact) mass is 269 g/mol. The molecule has 19 heavy (non-hydrogen) atoms. The molecule has 2 heterocycles. The second-order valence-corrected chi connectivity index (χ2v) is 4.52. The van der Waals surface area contributed by atoms with Gasteiger partial charge in [0.25, 0.3) is 0 Å². The van der Waals surface area contributed by atoms with Crippen LogP contribution in [-0.4, -0.2) is 55.5 Å². The van der Waals surface area contributed by atoms with Crippen molar-refractivity contribution in [3.8, 4) is 0 Å². The fourth-order valence-corrected chi connectivity index (χ4v) is 2.29. The topological polar surface area (TPSA) is 72.1 Å². The second-order valence-electron chi connectivity index (χ2n) is 4.52. The van der Waals surface area contributed by atoms with Crippen LogP contribution in [0.5, 0.6) is 0 Å². The van der Waals surface area contributed by atoms with Crippen molar-refractivity contribution in [3.63, 3.8) is 0 Å². The predicted octanol–water partition coefficient (Wildman–Crippen LogP) is 0.820. The van der Waals surface area contributed by atoms with E-state index in [0.717, 1.165) is 6.54 Å². The van der Waals surface area contributed by atoms with Gasteiger partial charge in [0.2, 0.25) is 5.76 Å². The van der Waals surface area contributed by atoms with Crippen molar-refractivity contribution in [3.05, 3.63) is 23.7 Å². The van der Waals surface area contributed by atoms with E-state index >= 15 is 0 Å². The summed E-state index contributed by atoms with van der Waals surface area (Å²) in [7, 11) is 1.32. The SMILES string of the molecule is COC(=O)c1ccc(C(C)N2CCOCC2CO)o1. The molecule has 0 radical (unpaired) electrons. The molecule has 106 valence electrons. The zero-order valence-corrected chi connectivity index (χ0v) is 11.2. The number of aliphatic hydroxyl groups is 1. The summed E-state index contributed by atoms with van der Waals surface area (Å²) in [5.74, 6) is 0.387. The minimum absolute atomic E-state index is 0.0283. The van der Waals surface area contributed by atoms with E-state index in [1.165, 1.54) is 7.11 Å². The third-order valence-corrected chi connectivity index (χ3v) is 3.41. The fourth-order valence-electron chi connectivity index (χ4n) is 2.29. The first-order chi connectivity index (χ1) is 9.17.